The van der Waals surface area contributed by atoms with Crippen LogP contribution in [0.5, 0.6) is 0 Å². The number of hydrogen-bond donors (Lipinski definition) is 0. The van der Waals surface area contributed by atoms with Crippen LogP contribution < -0.4 is 0 Å². The lowest BCUT2D eigenvalue weighted by atomic mass is 9.88. The largest absolute Gasteiger partial charge is 0.367 e. The van der Waals surface area contributed by atoms with Crippen molar-refractivity contribution in [3.8, 4) is 0 Å². The smallest absolute Gasteiger partial charge is 0.168 e. The van der Waals surface area contributed by atoms with E-state index >= 15 is 0 Å². The van der Waals surface area contributed by atoms with Crippen LogP contribution in [0, 0.1) is 0 Å². The standard InChI is InChI=1S/C14H16Cl2O2/c1-14(6-2-3-7-18-14)13(17)9-10-8-11(15)4-5-12(10)16/h4-5,8H,2-3,6-7,9H2,1H3. The molecule has 0 amide bonds. The van der Waals surface area contributed by atoms with Gasteiger partial charge in [-0.15, -0.1) is 0 Å². The maximum atomic E-state index is 12.3. The monoisotopic (exact) mass is 286 g/mol. The highest BCUT2D eigenvalue weighted by Crippen LogP contribution is 2.28. The Labute approximate surface area is 117 Å². The van der Waals surface area contributed by atoms with E-state index in [2.05, 4.69) is 0 Å². The van der Waals surface area contributed by atoms with Crippen molar-refractivity contribution in [2.45, 2.75) is 38.2 Å². The first-order valence-electron chi connectivity index (χ1n) is 6.12. The topological polar surface area (TPSA) is 26.3 Å². The second kappa shape index (κ2) is 5.60. The van der Waals surface area contributed by atoms with E-state index in [1.807, 2.05) is 6.92 Å². The molecule has 0 saturated carbocycles. The number of ether oxygens (including phenoxy) is 1. The Hall–Kier alpha value is -0.570. The van der Waals surface area contributed by atoms with Crippen molar-refractivity contribution < 1.29 is 9.53 Å². The van der Waals surface area contributed by atoms with Gasteiger partial charge in [0.15, 0.2) is 5.78 Å². The first-order valence-corrected chi connectivity index (χ1v) is 6.88. The van der Waals surface area contributed by atoms with E-state index in [-0.39, 0.29) is 12.2 Å². The van der Waals surface area contributed by atoms with Gasteiger partial charge in [-0.3, -0.25) is 4.79 Å². The fourth-order valence-electron chi connectivity index (χ4n) is 2.19. The molecule has 1 unspecified atom stereocenters. The Morgan fingerprint density at radius 3 is 2.83 bits per heavy atom. The molecule has 0 N–H and O–H groups in total. The number of benzene rings is 1. The van der Waals surface area contributed by atoms with E-state index in [1.165, 1.54) is 0 Å². The van der Waals surface area contributed by atoms with Crippen molar-refractivity contribution in [3.05, 3.63) is 33.8 Å². The maximum absolute atomic E-state index is 12.3. The van der Waals surface area contributed by atoms with Gasteiger partial charge in [0.25, 0.3) is 0 Å². The first-order chi connectivity index (χ1) is 8.51. The van der Waals surface area contributed by atoms with Gasteiger partial charge < -0.3 is 4.74 Å². The number of carbonyl (C=O) groups excluding carboxylic acids is 1. The molecule has 1 saturated heterocycles. The summed E-state index contributed by atoms with van der Waals surface area (Å²) in [6.45, 7) is 2.53. The van der Waals surface area contributed by atoms with Crippen LogP contribution in [-0.4, -0.2) is 18.0 Å². The summed E-state index contributed by atoms with van der Waals surface area (Å²) in [5.74, 6) is 0.0753. The highest BCUT2D eigenvalue weighted by atomic mass is 35.5. The normalized spacial score (nSPS) is 23.9. The highest BCUT2D eigenvalue weighted by Gasteiger charge is 2.35. The molecule has 1 aromatic rings. The minimum atomic E-state index is -0.663. The van der Waals surface area contributed by atoms with Crippen molar-refractivity contribution in [2.24, 2.45) is 0 Å². The van der Waals surface area contributed by atoms with Gasteiger partial charge in [-0.2, -0.15) is 0 Å². The van der Waals surface area contributed by atoms with Crippen LogP contribution in [0.2, 0.25) is 10.0 Å². The first kappa shape index (κ1) is 13.9. The van der Waals surface area contributed by atoms with E-state index in [4.69, 9.17) is 27.9 Å². The molecule has 0 spiro atoms. The predicted octanol–water partition coefficient (Wildman–Crippen LogP) is 4.06. The van der Waals surface area contributed by atoms with Crippen LogP contribution in [0.1, 0.15) is 31.7 Å². The zero-order valence-electron chi connectivity index (χ0n) is 10.3. The molecule has 18 heavy (non-hydrogen) atoms. The van der Waals surface area contributed by atoms with E-state index in [0.717, 1.165) is 24.8 Å². The summed E-state index contributed by atoms with van der Waals surface area (Å²) >= 11 is 12.0. The summed E-state index contributed by atoms with van der Waals surface area (Å²) in [5.41, 5.74) is 0.105. The summed E-state index contributed by atoms with van der Waals surface area (Å²) in [5, 5.41) is 1.17. The molecule has 1 aliphatic rings. The molecule has 4 heteroatoms. The lowest BCUT2D eigenvalue weighted by molar-refractivity contribution is -0.147. The van der Waals surface area contributed by atoms with E-state index in [0.29, 0.717) is 16.7 Å². The molecular weight excluding hydrogens is 271 g/mol. The van der Waals surface area contributed by atoms with Crippen molar-refractivity contribution >= 4 is 29.0 Å². The van der Waals surface area contributed by atoms with Gasteiger partial charge in [0, 0.05) is 23.1 Å². The van der Waals surface area contributed by atoms with Crippen molar-refractivity contribution in [2.75, 3.05) is 6.61 Å². The van der Waals surface area contributed by atoms with E-state index in [9.17, 15) is 4.79 Å². The third-order valence-corrected chi connectivity index (χ3v) is 4.02. The zero-order chi connectivity index (χ0) is 13.2. The summed E-state index contributed by atoms with van der Waals surface area (Å²) in [6, 6.07) is 5.18. The third kappa shape index (κ3) is 3.05. The number of ketones is 1. The average Bonchev–Trinajstić information content (AvgIpc) is 2.35. The lowest BCUT2D eigenvalue weighted by Crippen LogP contribution is -2.42. The van der Waals surface area contributed by atoms with Gasteiger partial charge in [-0.25, -0.2) is 0 Å². The van der Waals surface area contributed by atoms with Crippen LogP contribution >= 0.6 is 23.2 Å². The minimum absolute atomic E-state index is 0.0753. The Bertz CT molecular complexity index is 451. The van der Waals surface area contributed by atoms with Crippen molar-refractivity contribution in [1.82, 2.24) is 0 Å². The van der Waals surface area contributed by atoms with Crippen LogP contribution in [0.4, 0.5) is 0 Å². The lowest BCUT2D eigenvalue weighted by Gasteiger charge is -2.32. The molecular formula is C14H16Cl2O2. The number of carbonyl (C=O) groups is 1. The van der Waals surface area contributed by atoms with Crippen molar-refractivity contribution in [1.29, 1.82) is 0 Å². The molecule has 98 valence electrons. The molecule has 0 aromatic heterocycles. The molecule has 1 fully saturated rings. The highest BCUT2D eigenvalue weighted by molar-refractivity contribution is 6.33. The molecule has 0 radical (unpaired) electrons. The fraction of sp³-hybridized carbons (Fsp3) is 0.500. The molecule has 0 bridgehead atoms. The molecule has 0 aliphatic carbocycles. The number of halogens is 2. The Balaban J connectivity index is 2.13. The van der Waals surface area contributed by atoms with E-state index in [1.54, 1.807) is 18.2 Å². The number of rotatable bonds is 3. The van der Waals surface area contributed by atoms with Gasteiger partial charge >= 0.3 is 0 Å². The van der Waals surface area contributed by atoms with Gasteiger partial charge in [-0.05, 0) is 49.9 Å². The van der Waals surface area contributed by atoms with Crippen LogP contribution in [0.15, 0.2) is 18.2 Å². The predicted molar refractivity (Wildman–Crippen MR) is 73.4 cm³/mol. The molecule has 1 atom stereocenters. The zero-order valence-corrected chi connectivity index (χ0v) is 11.9. The van der Waals surface area contributed by atoms with Gasteiger partial charge in [0.05, 0.1) is 0 Å². The SMILES string of the molecule is CC1(C(=O)Cc2cc(Cl)ccc2Cl)CCCCO1. The molecule has 2 nitrogen and oxygen atoms in total. The molecule has 1 aromatic carbocycles. The Kier molecular flexibility index (Phi) is 4.31. The van der Waals surface area contributed by atoms with Gasteiger partial charge in [0.1, 0.15) is 5.60 Å². The van der Waals surface area contributed by atoms with Crippen molar-refractivity contribution in [3.63, 3.8) is 0 Å². The van der Waals surface area contributed by atoms with Crippen LogP contribution in [0.3, 0.4) is 0 Å². The Morgan fingerprint density at radius 2 is 2.17 bits per heavy atom. The molecule has 1 aliphatic heterocycles. The third-order valence-electron chi connectivity index (χ3n) is 3.42. The Morgan fingerprint density at radius 1 is 1.39 bits per heavy atom. The second-order valence-electron chi connectivity index (χ2n) is 4.87. The summed E-state index contributed by atoms with van der Waals surface area (Å²) in [6.07, 6.45) is 3.12. The number of hydrogen-bond acceptors (Lipinski definition) is 2. The molecule has 2 rings (SSSR count). The summed E-state index contributed by atoms with van der Waals surface area (Å²) in [7, 11) is 0. The fourth-order valence-corrected chi connectivity index (χ4v) is 2.57. The quantitative estimate of drug-likeness (QED) is 0.837. The van der Waals surface area contributed by atoms with Gasteiger partial charge in [-0.1, -0.05) is 23.2 Å². The summed E-state index contributed by atoms with van der Waals surface area (Å²) < 4.78 is 5.64. The maximum Gasteiger partial charge on any atom is 0.168 e. The summed E-state index contributed by atoms with van der Waals surface area (Å²) in [4.78, 5) is 12.3. The minimum Gasteiger partial charge on any atom is -0.367 e. The molecule has 1 heterocycles. The number of Topliss-reactive ketones (excluding diaryl/α,β-unsaturated/α-hetero) is 1. The van der Waals surface area contributed by atoms with Crippen LogP contribution in [-0.2, 0) is 16.0 Å². The van der Waals surface area contributed by atoms with Gasteiger partial charge in [0.2, 0.25) is 0 Å². The van der Waals surface area contributed by atoms with E-state index < -0.39 is 5.60 Å². The van der Waals surface area contributed by atoms with Crippen LogP contribution in [0.25, 0.3) is 0 Å². The second-order valence-corrected chi connectivity index (χ2v) is 5.72. The average molecular weight is 287 g/mol.